The van der Waals surface area contributed by atoms with Crippen molar-refractivity contribution >= 4 is 5.91 Å². The molecule has 2 heterocycles. The Hall–Kier alpha value is -3.22. The van der Waals surface area contributed by atoms with Crippen molar-refractivity contribution in [3.8, 4) is 11.6 Å². The Bertz CT molecular complexity index is 817. The molecule has 0 spiro atoms. The molecule has 122 valence electrons. The average molecular weight is 323 g/mol. The van der Waals surface area contributed by atoms with Gasteiger partial charge in [-0.15, -0.1) is 5.10 Å². The van der Waals surface area contributed by atoms with Crippen LogP contribution in [0.4, 0.5) is 0 Å². The van der Waals surface area contributed by atoms with Gasteiger partial charge in [-0.3, -0.25) is 4.79 Å². The molecule has 0 radical (unpaired) electrons. The number of para-hydroxylation sites is 1. The summed E-state index contributed by atoms with van der Waals surface area (Å²) >= 11 is 0. The fourth-order valence-electron chi connectivity index (χ4n) is 2.14. The van der Waals surface area contributed by atoms with E-state index in [0.29, 0.717) is 19.0 Å². The Morgan fingerprint density at radius 2 is 2.04 bits per heavy atom. The molecule has 7 heteroatoms. The van der Waals surface area contributed by atoms with E-state index in [-0.39, 0.29) is 11.6 Å². The summed E-state index contributed by atoms with van der Waals surface area (Å²) < 4.78 is 5.44. The van der Waals surface area contributed by atoms with E-state index >= 15 is 0 Å². The summed E-state index contributed by atoms with van der Waals surface area (Å²) in [6.45, 7) is 2.71. The number of nitrogens with one attached hydrogen (secondary N) is 1. The number of pyridine rings is 1. The molecule has 0 unspecified atom stereocenters. The summed E-state index contributed by atoms with van der Waals surface area (Å²) in [5.41, 5.74) is 1.85. The molecular weight excluding hydrogens is 306 g/mol. The van der Waals surface area contributed by atoms with Gasteiger partial charge in [0.25, 0.3) is 5.91 Å². The van der Waals surface area contributed by atoms with Crippen LogP contribution in [0.15, 0.2) is 54.9 Å². The van der Waals surface area contributed by atoms with Crippen molar-refractivity contribution < 1.29 is 9.53 Å². The molecule has 0 bridgehead atoms. The third-order valence-electron chi connectivity index (χ3n) is 3.28. The average Bonchev–Trinajstić information content (AvgIpc) is 3.12. The summed E-state index contributed by atoms with van der Waals surface area (Å²) in [6, 6.07) is 13.1. The number of carbonyl (C=O) groups excluding carboxylic acids is 1. The zero-order valence-electron chi connectivity index (χ0n) is 13.2. The van der Waals surface area contributed by atoms with Gasteiger partial charge in [0.15, 0.2) is 5.69 Å². The maximum Gasteiger partial charge on any atom is 0.273 e. The lowest BCUT2D eigenvalue weighted by molar-refractivity contribution is 0.0945. The molecule has 0 aliphatic carbocycles. The third kappa shape index (κ3) is 3.57. The van der Waals surface area contributed by atoms with Gasteiger partial charge < -0.3 is 10.1 Å². The van der Waals surface area contributed by atoms with Gasteiger partial charge in [-0.25, -0.2) is 4.98 Å². The Kier molecular flexibility index (Phi) is 4.81. The number of aromatic nitrogens is 4. The van der Waals surface area contributed by atoms with E-state index in [4.69, 9.17) is 4.74 Å². The van der Waals surface area contributed by atoms with Gasteiger partial charge in [-0.2, -0.15) is 9.90 Å². The number of nitrogens with zero attached hydrogens (tertiary/aromatic N) is 4. The monoisotopic (exact) mass is 323 g/mol. The molecule has 24 heavy (non-hydrogen) atoms. The number of amides is 1. The van der Waals surface area contributed by atoms with E-state index < -0.39 is 0 Å². The van der Waals surface area contributed by atoms with Crippen molar-refractivity contribution in [2.75, 3.05) is 6.61 Å². The second kappa shape index (κ2) is 7.36. The molecular formula is C17H17N5O2. The molecule has 3 rings (SSSR count). The molecule has 1 aromatic carbocycles. The fourth-order valence-corrected chi connectivity index (χ4v) is 2.14. The predicted octanol–water partition coefficient (Wildman–Crippen LogP) is 1.99. The highest BCUT2D eigenvalue weighted by atomic mass is 16.5. The minimum Gasteiger partial charge on any atom is -0.478 e. The minimum atomic E-state index is -0.302. The van der Waals surface area contributed by atoms with Crippen LogP contribution in [-0.4, -0.2) is 32.5 Å². The third-order valence-corrected chi connectivity index (χ3v) is 3.28. The van der Waals surface area contributed by atoms with Gasteiger partial charge in [-0.1, -0.05) is 24.3 Å². The fraction of sp³-hybridized carbons (Fsp3) is 0.176. The minimum absolute atomic E-state index is 0.251. The molecule has 0 aliphatic rings. The Morgan fingerprint density at radius 3 is 2.83 bits per heavy atom. The molecule has 1 amide bonds. The number of carbonyl (C=O) groups is 1. The lowest BCUT2D eigenvalue weighted by Gasteiger charge is -2.08. The second-order valence-electron chi connectivity index (χ2n) is 4.94. The maximum atomic E-state index is 12.2. The first-order valence-electron chi connectivity index (χ1n) is 7.60. The van der Waals surface area contributed by atoms with E-state index in [1.165, 1.54) is 11.0 Å². The smallest absolute Gasteiger partial charge is 0.273 e. The molecule has 3 aromatic rings. The normalized spacial score (nSPS) is 10.4. The summed E-state index contributed by atoms with van der Waals surface area (Å²) in [5, 5.41) is 11.1. The molecule has 0 fully saturated rings. The van der Waals surface area contributed by atoms with Crippen LogP contribution in [0, 0.1) is 0 Å². The molecule has 0 saturated heterocycles. The van der Waals surface area contributed by atoms with Crippen molar-refractivity contribution in [2.24, 2.45) is 0 Å². The van der Waals surface area contributed by atoms with Crippen molar-refractivity contribution in [1.29, 1.82) is 0 Å². The molecule has 7 nitrogen and oxygen atoms in total. The standard InChI is InChI=1S/C17H17N5O2/c1-2-24-17-13(7-6-10-18-17)11-19-16(23)15-12-20-22(21-15)14-8-4-3-5-9-14/h3-10,12H,2,11H2,1H3,(H,19,23). The Labute approximate surface area is 139 Å². The van der Waals surface area contributed by atoms with Crippen LogP contribution in [0.25, 0.3) is 5.69 Å². The van der Waals surface area contributed by atoms with Crippen molar-refractivity contribution in [3.05, 3.63) is 66.1 Å². The Balaban J connectivity index is 1.67. The first-order valence-corrected chi connectivity index (χ1v) is 7.60. The number of ether oxygens (including phenoxy) is 1. The topological polar surface area (TPSA) is 81.9 Å². The number of rotatable bonds is 6. The SMILES string of the molecule is CCOc1ncccc1CNC(=O)c1cnn(-c2ccccc2)n1. The van der Waals surface area contributed by atoms with E-state index in [0.717, 1.165) is 11.3 Å². The van der Waals surface area contributed by atoms with Gasteiger partial charge in [-0.05, 0) is 25.1 Å². The van der Waals surface area contributed by atoms with E-state index in [1.54, 1.807) is 12.3 Å². The molecule has 2 aromatic heterocycles. The first kappa shape index (κ1) is 15.7. The lowest BCUT2D eigenvalue weighted by atomic mass is 10.2. The quantitative estimate of drug-likeness (QED) is 0.750. The molecule has 1 N–H and O–H groups in total. The van der Waals surface area contributed by atoms with Gasteiger partial charge >= 0.3 is 0 Å². The van der Waals surface area contributed by atoms with Gasteiger partial charge in [0, 0.05) is 18.3 Å². The van der Waals surface area contributed by atoms with E-state index in [1.807, 2.05) is 43.3 Å². The summed E-state index contributed by atoms with van der Waals surface area (Å²) in [4.78, 5) is 17.8. The number of benzene rings is 1. The molecule has 0 aliphatic heterocycles. The van der Waals surface area contributed by atoms with Gasteiger partial charge in [0.2, 0.25) is 5.88 Å². The maximum absolute atomic E-state index is 12.2. The van der Waals surface area contributed by atoms with Gasteiger partial charge in [0.1, 0.15) is 0 Å². The second-order valence-corrected chi connectivity index (χ2v) is 4.94. The van der Waals surface area contributed by atoms with E-state index in [2.05, 4.69) is 20.5 Å². The van der Waals surface area contributed by atoms with Crippen LogP contribution in [0.2, 0.25) is 0 Å². The van der Waals surface area contributed by atoms with Crippen molar-refractivity contribution in [3.63, 3.8) is 0 Å². The molecule has 0 atom stereocenters. The largest absolute Gasteiger partial charge is 0.478 e. The summed E-state index contributed by atoms with van der Waals surface area (Å²) in [6.07, 6.45) is 3.09. The van der Waals surface area contributed by atoms with Crippen LogP contribution in [0.5, 0.6) is 5.88 Å². The zero-order chi connectivity index (χ0) is 16.8. The van der Waals surface area contributed by atoms with Crippen LogP contribution in [0.1, 0.15) is 23.0 Å². The van der Waals surface area contributed by atoms with Crippen LogP contribution < -0.4 is 10.1 Å². The Morgan fingerprint density at radius 1 is 1.21 bits per heavy atom. The highest BCUT2D eigenvalue weighted by Crippen LogP contribution is 2.14. The van der Waals surface area contributed by atoms with Crippen molar-refractivity contribution in [2.45, 2.75) is 13.5 Å². The van der Waals surface area contributed by atoms with Crippen LogP contribution in [-0.2, 0) is 6.54 Å². The number of hydrogen-bond donors (Lipinski definition) is 1. The highest BCUT2D eigenvalue weighted by Gasteiger charge is 2.12. The molecule has 0 saturated carbocycles. The first-order chi connectivity index (χ1) is 11.8. The zero-order valence-corrected chi connectivity index (χ0v) is 13.2. The highest BCUT2D eigenvalue weighted by molar-refractivity contribution is 5.91. The number of hydrogen-bond acceptors (Lipinski definition) is 5. The van der Waals surface area contributed by atoms with Crippen molar-refractivity contribution in [1.82, 2.24) is 25.3 Å². The predicted molar refractivity (Wildman–Crippen MR) is 87.9 cm³/mol. The van der Waals surface area contributed by atoms with E-state index in [9.17, 15) is 4.79 Å². The van der Waals surface area contributed by atoms with Crippen LogP contribution in [0.3, 0.4) is 0 Å². The summed E-state index contributed by atoms with van der Waals surface area (Å²) in [5.74, 6) is 0.219. The summed E-state index contributed by atoms with van der Waals surface area (Å²) in [7, 11) is 0. The van der Waals surface area contributed by atoms with Gasteiger partial charge in [0.05, 0.1) is 18.5 Å². The lowest BCUT2D eigenvalue weighted by Crippen LogP contribution is -2.24. The van der Waals surface area contributed by atoms with Crippen LogP contribution >= 0.6 is 0 Å².